The molecular formula is C24H26N2O5S. The first-order valence-electron chi connectivity index (χ1n) is 10.3. The zero-order valence-electron chi connectivity index (χ0n) is 18.0. The number of carbonyl (C=O) groups excluding carboxylic acids is 1. The highest BCUT2D eigenvalue weighted by molar-refractivity contribution is 7.92. The minimum Gasteiger partial charge on any atom is -0.494 e. The van der Waals surface area contributed by atoms with Gasteiger partial charge in [0.1, 0.15) is 11.5 Å². The lowest BCUT2D eigenvalue weighted by molar-refractivity contribution is 0.102. The van der Waals surface area contributed by atoms with Gasteiger partial charge in [-0.1, -0.05) is 25.1 Å². The molecule has 0 unspecified atom stereocenters. The smallest absolute Gasteiger partial charge is 0.261 e. The van der Waals surface area contributed by atoms with Gasteiger partial charge in [0.2, 0.25) is 0 Å². The zero-order chi connectivity index (χ0) is 23.0. The molecule has 3 rings (SSSR count). The van der Waals surface area contributed by atoms with Gasteiger partial charge in [-0.15, -0.1) is 0 Å². The van der Waals surface area contributed by atoms with Crippen LogP contribution in [0.2, 0.25) is 0 Å². The largest absolute Gasteiger partial charge is 0.494 e. The quantitative estimate of drug-likeness (QED) is 0.453. The molecule has 0 radical (unpaired) electrons. The summed E-state index contributed by atoms with van der Waals surface area (Å²) in [7, 11) is -3.82. The van der Waals surface area contributed by atoms with Crippen LogP contribution in [0.1, 0.15) is 30.6 Å². The Hall–Kier alpha value is -3.52. The summed E-state index contributed by atoms with van der Waals surface area (Å²) in [5, 5.41) is 2.82. The van der Waals surface area contributed by atoms with Gasteiger partial charge in [0.25, 0.3) is 15.9 Å². The van der Waals surface area contributed by atoms with E-state index in [9.17, 15) is 13.2 Å². The monoisotopic (exact) mass is 454 g/mol. The third-order valence-electron chi connectivity index (χ3n) is 4.42. The first-order valence-corrected chi connectivity index (χ1v) is 11.8. The molecule has 0 aliphatic heterocycles. The highest BCUT2D eigenvalue weighted by Crippen LogP contribution is 2.25. The van der Waals surface area contributed by atoms with Crippen LogP contribution < -0.4 is 19.5 Å². The Balaban J connectivity index is 1.74. The molecule has 0 aliphatic carbocycles. The van der Waals surface area contributed by atoms with Crippen molar-refractivity contribution in [1.29, 1.82) is 0 Å². The van der Waals surface area contributed by atoms with E-state index in [2.05, 4.69) is 10.0 Å². The topological polar surface area (TPSA) is 93.7 Å². The molecule has 0 fully saturated rings. The van der Waals surface area contributed by atoms with E-state index >= 15 is 0 Å². The van der Waals surface area contributed by atoms with Crippen molar-refractivity contribution in [2.45, 2.75) is 25.2 Å². The highest BCUT2D eigenvalue weighted by Gasteiger charge is 2.16. The van der Waals surface area contributed by atoms with Crippen LogP contribution in [0.4, 0.5) is 11.4 Å². The van der Waals surface area contributed by atoms with E-state index in [0.717, 1.165) is 6.42 Å². The van der Waals surface area contributed by atoms with Crippen LogP contribution in [0.15, 0.2) is 77.7 Å². The molecule has 8 heteroatoms. The van der Waals surface area contributed by atoms with Gasteiger partial charge in [-0.05, 0) is 67.9 Å². The lowest BCUT2D eigenvalue weighted by Crippen LogP contribution is -2.15. The lowest BCUT2D eigenvalue weighted by Gasteiger charge is -2.13. The van der Waals surface area contributed by atoms with E-state index in [1.165, 1.54) is 18.2 Å². The Morgan fingerprint density at radius 1 is 0.906 bits per heavy atom. The maximum atomic E-state index is 12.8. The summed E-state index contributed by atoms with van der Waals surface area (Å²) in [6.45, 7) is 4.89. The van der Waals surface area contributed by atoms with E-state index in [1.807, 2.05) is 19.9 Å². The van der Waals surface area contributed by atoms with E-state index in [4.69, 9.17) is 9.47 Å². The second-order valence-electron chi connectivity index (χ2n) is 6.89. The number of ether oxygens (including phenoxy) is 2. The fourth-order valence-electron chi connectivity index (χ4n) is 2.92. The molecule has 0 heterocycles. The number of para-hydroxylation sites is 2. The van der Waals surface area contributed by atoms with Crippen LogP contribution in [0.3, 0.4) is 0 Å². The number of amides is 1. The average molecular weight is 455 g/mol. The number of rotatable bonds is 10. The molecule has 0 saturated carbocycles. The summed E-state index contributed by atoms with van der Waals surface area (Å²) in [6, 6.07) is 19.6. The standard InChI is InChI=1S/C24H26N2O5S/c1-3-16-31-23-11-6-5-10-22(23)25-24(27)18-8-7-9-19(17-18)26-32(28,29)21-14-12-20(13-15-21)30-4-2/h5-15,17,26H,3-4,16H2,1-2H3,(H,25,27). The van der Waals surface area contributed by atoms with Crippen molar-refractivity contribution < 1.29 is 22.7 Å². The maximum Gasteiger partial charge on any atom is 0.261 e. The summed E-state index contributed by atoms with van der Waals surface area (Å²) in [5.41, 5.74) is 1.13. The number of nitrogens with one attached hydrogen (secondary N) is 2. The number of anilines is 2. The second-order valence-corrected chi connectivity index (χ2v) is 8.57. The molecule has 0 spiro atoms. The van der Waals surface area contributed by atoms with E-state index in [-0.39, 0.29) is 16.5 Å². The summed E-state index contributed by atoms with van der Waals surface area (Å²) >= 11 is 0. The molecule has 0 aromatic heterocycles. The molecule has 1 amide bonds. The third-order valence-corrected chi connectivity index (χ3v) is 5.82. The summed E-state index contributed by atoms with van der Waals surface area (Å²) in [5.74, 6) is 0.794. The van der Waals surface area contributed by atoms with Gasteiger partial charge in [0.15, 0.2) is 0 Å². The predicted molar refractivity (Wildman–Crippen MR) is 125 cm³/mol. The van der Waals surface area contributed by atoms with Crippen molar-refractivity contribution >= 4 is 27.3 Å². The Morgan fingerprint density at radius 2 is 1.66 bits per heavy atom. The summed E-state index contributed by atoms with van der Waals surface area (Å²) in [6.07, 6.45) is 0.846. The van der Waals surface area contributed by atoms with Gasteiger partial charge in [0, 0.05) is 11.3 Å². The first-order chi connectivity index (χ1) is 15.4. The third kappa shape index (κ3) is 6.01. The van der Waals surface area contributed by atoms with Gasteiger partial charge in [-0.3, -0.25) is 9.52 Å². The van der Waals surface area contributed by atoms with Crippen LogP contribution >= 0.6 is 0 Å². The van der Waals surface area contributed by atoms with Crippen molar-refractivity contribution in [3.8, 4) is 11.5 Å². The fraction of sp³-hybridized carbons (Fsp3) is 0.208. The normalized spacial score (nSPS) is 10.9. The molecule has 0 saturated heterocycles. The maximum absolute atomic E-state index is 12.8. The minimum atomic E-state index is -3.82. The van der Waals surface area contributed by atoms with Crippen LogP contribution in [-0.2, 0) is 10.0 Å². The number of hydrogen-bond acceptors (Lipinski definition) is 5. The van der Waals surface area contributed by atoms with Crippen LogP contribution in [-0.4, -0.2) is 27.5 Å². The fourth-order valence-corrected chi connectivity index (χ4v) is 3.97. The van der Waals surface area contributed by atoms with Gasteiger partial charge < -0.3 is 14.8 Å². The van der Waals surface area contributed by atoms with Crippen LogP contribution in [0, 0.1) is 0 Å². The first kappa shape index (κ1) is 23.1. The van der Waals surface area contributed by atoms with E-state index in [1.54, 1.807) is 48.5 Å². The van der Waals surface area contributed by atoms with Gasteiger partial charge in [0.05, 0.1) is 23.8 Å². The minimum absolute atomic E-state index is 0.0952. The van der Waals surface area contributed by atoms with E-state index < -0.39 is 10.0 Å². The van der Waals surface area contributed by atoms with Crippen molar-refractivity contribution in [3.63, 3.8) is 0 Å². The Labute approximate surface area is 188 Å². The molecule has 7 nitrogen and oxygen atoms in total. The van der Waals surface area contributed by atoms with Crippen molar-refractivity contribution in [1.82, 2.24) is 0 Å². The van der Waals surface area contributed by atoms with Crippen molar-refractivity contribution in [2.24, 2.45) is 0 Å². The summed E-state index contributed by atoms with van der Waals surface area (Å²) in [4.78, 5) is 12.9. The van der Waals surface area contributed by atoms with Crippen LogP contribution in [0.25, 0.3) is 0 Å². The number of benzene rings is 3. The zero-order valence-corrected chi connectivity index (χ0v) is 18.8. The molecule has 32 heavy (non-hydrogen) atoms. The predicted octanol–water partition coefficient (Wildman–Crippen LogP) is 4.93. The molecule has 2 N–H and O–H groups in total. The molecule has 0 bridgehead atoms. The lowest BCUT2D eigenvalue weighted by atomic mass is 10.2. The van der Waals surface area contributed by atoms with Crippen molar-refractivity contribution in [2.75, 3.05) is 23.3 Å². The van der Waals surface area contributed by atoms with Crippen LogP contribution in [0.5, 0.6) is 11.5 Å². The van der Waals surface area contributed by atoms with Gasteiger partial charge in [-0.2, -0.15) is 0 Å². The second kappa shape index (κ2) is 10.7. The molecule has 3 aromatic rings. The molecule has 0 aliphatic rings. The Kier molecular flexibility index (Phi) is 7.72. The van der Waals surface area contributed by atoms with Gasteiger partial charge in [-0.25, -0.2) is 8.42 Å². The molecule has 168 valence electrons. The molecular weight excluding hydrogens is 428 g/mol. The Morgan fingerprint density at radius 3 is 2.38 bits per heavy atom. The summed E-state index contributed by atoms with van der Waals surface area (Å²) < 4.78 is 39.0. The number of hydrogen-bond donors (Lipinski definition) is 2. The molecule has 0 atom stereocenters. The Bertz CT molecular complexity index is 1160. The SMILES string of the molecule is CCCOc1ccccc1NC(=O)c1cccc(NS(=O)(=O)c2ccc(OCC)cc2)c1. The average Bonchev–Trinajstić information content (AvgIpc) is 2.79. The number of carbonyl (C=O) groups is 1. The molecule has 3 aromatic carbocycles. The number of sulfonamides is 1. The highest BCUT2D eigenvalue weighted by atomic mass is 32.2. The van der Waals surface area contributed by atoms with E-state index in [0.29, 0.717) is 36.0 Å². The van der Waals surface area contributed by atoms with Crippen molar-refractivity contribution in [3.05, 3.63) is 78.4 Å². The van der Waals surface area contributed by atoms with Gasteiger partial charge >= 0.3 is 0 Å².